The van der Waals surface area contributed by atoms with Gasteiger partial charge >= 0.3 is 0 Å². The van der Waals surface area contributed by atoms with E-state index in [1.54, 1.807) is 0 Å². The van der Waals surface area contributed by atoms with Crippen LogP contribution in [-0.4, -0.2) is 41.7 Å². The molecule has 0 radical (unpaired) electrons. The van der Waals surface area contributed by atoms with Crippen LogP contribution in [0, 0.1) is 0 Å². The molecule has 1 atom stereocenters. The maximum absolute atomic E-state index is 5.86. The lowest BCUT2D eigenvalue weighted by molar-refractivity contribution is 0.304. The van der Waals surface area contributed by atoms with Crippen molar-refractivity contribution in [2.75, 3.05) is 36.7 Å². The van der Waals surface area contributed by atoms with Gasteiger partial charge in [0.15, 0.2) is 0 Å². The number of nitrogens with one attached hydrogen (secondary N) is 1. The van der Waals surface area contributed by atoms with Crippen LogP contribution in [0.1, 0.15) is 6.92 Å². The van der Waals surface area contributed by atoms with Gasteiger partial charge in [0.1, 0.15) is 18.7 Å². The second kappa shape index (κ2) is 6.74. The van der Waals surface area contributed by atoms with Gasteiger partial charge in [-0.2, -0.15) is 4.98 Å². The van der Waals surface area contributed by atoms with E-state index in [0.29, 0.717) is 12.6 Å². The molecule has 3 N–H and O–H groups in total. The smallest absolute Gasteiger partial charge is 0.227 e. The van der Waals surface area contributed by atoms with Gasteiger partial charge in [0.25, 0.3) is 0 Å². The van der Waals surface area contributed by atoms with Crippen molar-refractivity contribution in [2.45, 2.75) is 13.0 Å². The van der Waals surface area contributed by atoms with Crippen LogP contribution in [0.4, 0.5) is 17.6 Å². The van der Waals surface area contributed by atoms with Gasteiger partial charge in [-0.05, 0) is 19.1 Å². The molecule has 1 aromatic heterocycles. The van der Waals surface area contributed by atoms with Crippen molar-refractivity contribution in [2.24, 2.45) is 0 Å². The third-order valence-corrected chi connectivity index (χ3v) is 2.80. The molecule has 0 saturated carbocycles. The summed E-state index contributed by atoms with van der Waals surface area (Å²) in [7, 11) is 3.97. The normalized spacial score (nSPS) is 11.8. The van der Waals surface area contributed by atoms with Crippen molar-refractivity contribution >= 4 is 17.6 Å². The molecule has 7 nitrogen and oxygen atoms in total. The van der Waals surface area contributed by atoms with E-state index in [-0.39, 0.29) is 12.0 Å². The first kappa shape index (κ1) is 14.8. The van der Waals surface area contributed by atoms with Crippen LogP contribution in [0.25, 0.3) is 0 Å². The summed E-state index contributed by atoms with van der Waals surface area (Å²) >= 11 is 0. The Kier molecular flexibility index (Phi) is 4.76. The number of aromatic nitrogens is 3. The van der Waals surface area contributed by atoms with E-state index in [4.69, 9.17) is 10.5 Å². The quantitative estimate of drug-likeness (QED) is 0.830. The Labute approximate surface area is 124 Å². The van der Waals surface area contributed by atoms with Crippen LogP contribution < -0.4 is 20.7 Å². The van der Waals surface area contributed by atoms with Gasteiger partial charge in [-0.15, -0.1) is 0 Å². The number of nitrogens with zero attached hydrogens (tertiary/aromatic N) is 4. The summed E-state index contributed by atoms with van der Waals surface area (Å²) < 4.78 is 5.86. The maximum Gasteiger partial charge on any atom is 0.227 e. The lowest BCUT2D eigenvalue weighted by Gasteiger charge is -2.20. The molecule has 7 heteroatoms. The summed E-state index contributed by atoms with van der Waals surface area (Å²) in [5.74, 6) is 1.48. The summed E-state index contributed by atoms with van der Waals surface area (Å²) in [6.07, 6.45) is 1.37. The topological polar surface area (TPSA) is 89.2 Å². The molecule has 0 saturated heterocycles. The van der Waals surface area contributed by atoms with Crippen LogP contribution >= 0.6 is 0 Å². The molecule has 2 rings (SSSR count). The van der Waals surface area contributed by atoms with E-state index in [2.05, 4.69) is 20.3 Å². The molecule has 0 aliphatic heterocycles. The predicted octanol–water partition coefficient (Wildman–Crippen LogP) is 1.40. The fraction of sp³-hybridized carbons (Fsp3) is 0.357. The van der Waals surface area contributed by atoms with Gasteiger partial charge in [-0.1, -0.05) is 12.1 Å². The number of nitrogens with two attached hydrogens (primary N) is 1. The largest absolute Gasteiger partial charge is 0.489 e. The maximum atomic E-state index is 5.86. The molecule has 0 aliphatic rings. The van der Waals surface area contributed by atoms with Gasteiger partial charge in [-0.3, -0.25) is 0 Å². The Morgan fingerprint density at radius 1 is 1.29 bits per heavy atom. The van der Waals surface area contributed by atoms with E-state index in [9.17, 15) is 0 Å². The van der Waals surface area contributed by atoms with Crippen molar-refractivity contribution in [1.82, 2.24) is 15.0 Å². The molecule has 0 amide bonds. The van der Waals surface area contributed by atoms with E-state index < -0.39 is 0 Å². The molecule has 21 heavy (non-hydrogen) atoms. The molecule has 0 aliphatic carbocycles. The Bertz CT molecular complexity index is 589. The standard InChI is InChI=1S/C14H20N6O/c1-10(18-14-17-9-16-13(15)19-14)8-21-12-7-5-4-6-11(12)20(2)3/h4-7,9-10H,8H2,1-3H3,(H3,15,16,17,18,19). The lowest BCUT2D eigenvalue weighted by atomic mass is 10.2. The van der Waals surface area contributed by atoms with E-state index in [1.807, 2.05) is 50.2 Å². The Morgan fingerprint density at radius 3 is 2.76 bits per heavy atom. The van der Waals surface area contributed by atoms with Crippen LogP contribution in [0.2, 0.25) is 0 Å². The van der Waals surface area contributed by atoms with E-state index in [0.717, 1.165) is 11.4 Å². The second-order valence-corrected chi connectivity index (χ2v) is 4.89. The zero-order valence-electron chi connectivity index (χ0n) is 12.4. The van der Waals surface area contributed by atoms with Crippen molar-refractivity contribution in [3.63, 3.8) is 0 Å². The van der Waals surface area contributed by atoms with Crippen molar-refractivity contribution in [1.29, 1.82) is 0 Å². The number of hydrogen-bond acceptors (Lipinski definition) is 7. The highest BCUT2D eigenvalue weighted by Crippen LogP contribution is 2.26. The van der Waals surface area contributed by atoms with Crippen LogP contribution in [0.15, 0.2) is 30.6 Å². The molecule has 0 fully saturated rings. The molecule has 1 unspecified atom stereocenters. The van der Waals surface area contributed by atoms with Gasteiger partial charge < -0.3 is 20.7 Å². The highest BCUT2D eigenvalue weighted by molar-refractivity contribution is 5.57. The average Bonchev–Trinajstić information content (AvgIpc) is 2.45. The molecule has 112 valence electrons. The minimum absolute atomic E-state index is 0.0296. The van der Waals surface area contributed by atoms with Crippen molar-refractivity contribution in [3.8, 4) is 5.75 Å². The summed E-state index contributed by atoms with van der Waals surface area (Å²) in [6, 6.07) is 7.93. The Morgan fingerprint density at radius 2 is 2.05 bits per heavy atom. The van der Waals surface area contributed by atoms with Gasteiger partial charge in [0, 0.05) is 14.1 Å². The molecule has 2 aromatic rings. The highest BCUT2D eigenvalue weighted by atomic mass is 16.5. The van der Waals surface area contributed by atoms with Crippen LogP contribution in [-0.2, 0) is 0 Å². The monoisotopic (exact) mass is 288 g/mol. The number of nitrogen functional groups attached to an aromatic ring is 1. The third-order valence-electron chi connectivity index (χ3n) is 2.80. The molecular formula is C14H20N6O. The number of rotatable bonds is 6. The summed E-state index contributed by atoms with van der Waals surface area (Å²) in [5.41, 5.74) is 6.55. The second-order valence-electron chi connectivity index (χ2n) is 4.89. The van der Waals surface area contributed by atoms with Crippen LogP contribution in [0.3, 0.4) is 0 Å². The number of benzene rings is 1. The number of para-hydroxylation sites is 2. The Balaban J connectivity index is 1.94. The minimum Gasteiger partial charge on any atom is -0.489 e. The lowest BCUT2D eigenvalue weighted by Crippen LogP contribution is -2.25. The van der Waals surface area contributed by atoms with Gasteiger partial charge in [0.2, 0.25) is 11.9 Å². The van der Waals surface area contributed by atoms with Crippen molar-refractivity contribution in [3.05, 3.63) is 30.6 Å². The molecular weight excluding hydrogens is 268 g/mol. The molecule has 0 spiro atoms. The SMILES string of the molecule is CC(COc1ccccc1N(C)C)Nc1ncnc(N)n1. The number of hydrogen-bond donors (Lipinski definition) is 2. The van der Waals surface area contributed by atoms with Crippen LogP contribution in [0.5, 0.6) is 5.75 Å². The average molecular weight is 288 g/mol. The summed E-state index contributed by atoms with van der Waals surface area (Å²) in [4.78, 5) is 13.8. The third kappa shape index (κ3) is 4.20. The Hall–Kier alpha value is -2.57. The zero-order chi connectivity index (χ0) is 15.2. The predicted molar refractivity (Wildman–Crippen MR) is 83.6 cm³/mol. The zero-order valence-corrected chi connectivity index (χ0v) is 12.4. The van der Waals surface area contributed by atoms with E-state index in [1.165, 1.54) is 6.33 Å². The first-order chi connectivity index (χ1) is 10.1. The first-order valence-electron chi connectivity index (χ1n) is 6.66. The van der Waals surface area contributed by atoms with E-state index >= 15 is 0 Å². The molecule has 0 bridgehead atoms. The van der Waals surface area contributed by atoms with Gasteiger partial charge in [0.05, 0.1) is 11.7 Å². The molecule has 1 heterocycles. The number of anilines is 3. The highest BCUT2D eigenvalue weighted by Gasteiger charge is 2.09. The molecule has 1 aromatic carbocycles. The van der Waals surface area contributed by atoms with Crippen molar-refractivity contribution < 1.29 is 4.74 Å². The fourth-order valence-corrected chi connectivity index (χ4v) is 1.80. The minimum atomic E-state index is 0.0296. The summed E-state index contributed by atoms with van der Waals surface area (Å²) in [5, 5.41) is 3.12. The first-order valence-corrected chi connectivity index (χ1v) is 6.66. The summed E-state index contributed by atoms with van der Waals surface area (Å²) in [6.45, 7) is 2.47. The number of ether oxygens (including phenoxy) is 1. The fourth-order valence-electron chi connectivity index (χ4n) is 1.80. The van der Waals surface area contributed by atoms with Gasteiger partial charge in [-0.25, -0.2) is 9.97 Å².